The van der Waals surface area contributed by atoms with E-state index in [1.54, 1.807) is 11.1 Å². The van der Waals surface area contributed by atoms with E-state index in [0.29, 0.717) is 6.04 Å². The number of aryl methyl sites for hydroxylation is 1. The maximum atomic E-state index is 6.35. The fraction of sp³-hybridized carbons (Fsp3) is 0.481. The van der Waals surface area contributed by atoms with Crippen molar-refractivity contribution in [1.82, 2.24) is 9.88 Å². The topological polar surface area (TPSA) is 28.3 Å². The monoisotopic (exact) mass is 400 g/mol. The van der Waals surface area contributed by atoms with E-state index in [9.17, 15) is 0 Å². The molecular formula is C27H32N2O. The first-order valence-corrected chi connectivity index (χ1v) is 11.7. The Bertz CT molecular complexity index is 1040. The molecule has 3 heterocycles. The molecule has 1 aliphatic carbocycles. The number of ether oxygens (including phenoxy) is 1. The molecule has 2 unspecified atom stereocenters. The fourth-order valence-electron chi connectivity index (χ4n) is 6.03. The molecule has 156 valence electrons. The van der Waals surface area contributed by atoms with Gasteiger partial charge in [0.05, 0.1) is 5.60 Å². The summed E-state index contributed by atoms with van der Waals surface area (Å²) < 4.78 is 6.35. The number of aromatic nitrogens is 1. The zero-order valence-electron chi connectivity index (χ0n) is 18.0. The number of hydrogen-bond donors (Lipinski definition) is 1. The van der Waals surface area contributed by atoms with E-state index in [4.69, 9.17) is 4.74 Å². The second-order valence-electron chi connectivity index (χ2n) is 9.79. The van der Waals surface area contributed by atoms with Crippen LogP contribution < -0.4 is 0 Å². The van der Waals surface area contributed by atoms with Crippen molar-refractivity contribution in [1.29, 1.82) is 0 Å². The third-order valence-corrected chi connectivity index (χ3v) is 7.80. The molecule has 6 rings (SSSR count). The second kappa shape index (κ2) is 7.25. The first kappa shape index (κ1) is 18.7. The van der Waals surface area contributed by atoms with Gasteiger partial charge in [-0.25, -0.2) is 0 Å². The summed E-state index contributed by atoms with van der Waals surface area (Å²) in [6.45, 7) is 5.35. The van der Waals surface area contributed by atoms with Crippen molar-refractivity contribution in [3.63, 3.8) is 0 Å². The number of rotatable bonds is 4. The number of hydrogen-bond acceptors (Lipinski definition) is 2. The number of nitrogens with one attached hydrogen (secondary N) is 1. The smallest absolute Gasteiger partial charge is 0.0713 e. The highest BCUT2D eigenvalue weighted by atomic mass is 16.5. The van der Waals surface area contributed by atoms with Crippen LogP contribution in [-0.4, -0.2) is 28.6 Å². The van der Waals surface area contributed by atoms with Crippen LogP contribution in [0.25, 0.3) is 10.9 Å². The lowest BCUT2D eigenvalue weighted by atomic mass is 9.81. The van der Waals surface area contributed by atoms with Crippen LogP contribution in [0.5, 0.6) is 0 Å². The standard InChI is InChI=1S/C27H32N2O/c1-19-16-23(20-8-9-20)24(22-10-13-28-26(19)22)18-29-14-12-27(11-5-15-30-27)17-25(29)21-6-3-2-4-7-21/h2-4,6-7,10,13,16,20,25,28H,5,8-9,11-12,14-15,17-18H2,1H3. The molecule has 1 spiro atoms. The second-order valence-corrected chi connectivity index (χ2v) is 9.79. The fourth-order valence-corrected chi connectivity index (χ4v) is 6.03. The van der Waals surface area contributed by atoms with Gasteiger partial charge in [-0.05, 0) is 79.7 Å². The molecule has 3 aliphatic rings. The number of aromatic amines is 1. The van der Waals surface area contributed by atoms with Crippen LogP contribution in [0.15, 0.2) is 48.7 Å². The van der Waals surface area contributed by atoms with E-state index in [2.05, 4.69) is 65.5 Å². The van der Waals surface area contributed by atoms with Gasteiger partial charge in [0, 0.05) is 42.8 Å². The van der Waals surface area contributed by atoms with Crippen molar-refractivity contribution in [2.75, 3.05) is 13.2 Å². The van der Waals surface area contributed by atoms with Crippen molar-refractivity contribution < 1.29 is 4.74 Å². The van der Waals surface area contributed by atoms with E-state index >= 15 is 0 Å². The molecule has 30 heavy (non-hydrogen) atoms. The summed E-state index contributed by atoms with van der Waals surface area (Å²) in [5.74, 6) is 0.766. The molecule has 0 radical (unpaired) electrons. The van der Waals surface area contributed by atoms with Crippen LogP contribution in [0, 0.1) is 6.92 Å². The normalized spacial score (nSPS) is 27.3. The van der Waals surface area contributed by atoms with Crippen LogP contribution in [0.2, 0.25) is 0 Å². The number of likely N-dealkylation sites (tertiary alicyclic amines) is 1. The van der Waals surface area contributed by atoms with Gasteiger partial charge in [0.2, 0.25) is 0 Å². The highest BCUT2D eigenvalue weighted by Gasteiger charge is 2.43. The molecule has 3 fully saturated rings. The lowest BCUT2D eigenvalue weighted by Crippen LogP contribution is -2.45. The van der Waals surface area contributed by atoms with Crippen LogP contribution >= 0.6 is 0 Å². The molecule has 1 saturated carbocycles. The molecule has 3 nitrogen and oxygen atoms in total. The SMILES string of the molecule is Cc1cc(C2CC2)c(CN2CCC3(CCCO3)CC2c2ccccc2)c2cc[nH]c12. The summed E-state index contributed by atoms with van der Waals surface area (Å²) >= 11 is 0. The number of nitrogens with zero attached hydrogens (tertiary/aromatic N) is 1. The zero-order valence-corrected chi connectivity index (χ0v) is 18.0. The minimum atomic E-state index is 0.104. The molecule has 0 amide bonds. The quantitative estimate of drug-likeness (QED) is 0.561. The molecule has 2 atom stereocenters. The van der Waals surface area contributed by atoms with Gasteiger partial charge in [0.15, 0.2) is 0 Å². The zero-order chi connectivity index (χ0) is 20.1. The van der Waals surface area contributed by atoms with Gasteiger partial charge in [0.1, 0.15) is 0 Å². The van der Waals surface area contributed by atoms with Crippen molar-refractivity contribution >= 4 is 10.9 Å². The summed E-state index contributed by atoms with van der Waals surface area (Å²) in [5, 5.41) is 1.43. The van der Waals surface area contributed by atoms with Crippen molar-refractivity contribution in [2.45, 2.75) is 69.6 Å². The van der Waals surface area contributed by atoms with E-state index in [1.807, 2.05) is 0 Å². The Morgan fingerprint density at radius 3 is 2.77 bits per heavy atom. The molecule has 3 aromatic rings. The van der Waals surface area contributed by atoms with Gasteiger partial charge in [0.25, 0.3) is 0 Å². The lowest BCUT2D eigenvalue weighted by molar-refractivity contribution is -0.0675. The van der Waals surface area contributed by atoms with E-state index < -0.39 is 0 Å². The van der Waals surface area contributed by atoms with Gasteiger partial charge in [-0.2, -0.15) is 0 Å². The Morgan fingerprint density at radius 2 is 2.00 bits per heavy atom. The average Bonchev–Trinajstić information content (AvgIpc) is 3.31. The van der Waals surface area contributed by atoms with Crippen molar-refractivity contribution in [3.8, 4) is 0 Å². The minimum Gasteiger partial charge on any atom is -0.375 e. The summed E-state index contributed by atoms with van der Waals surface area (Å²) in [5.41, 5.74) is 7.41. The van der Waals surface area contributed by atoms with Gasteiger partial charge >= 0.3 is 0 Å². The molecule has 0 bridgehead atoms. The van der Waals surface area contributed by atoms with Crippen molar-refractivity contribution in [2.24, 2.45) is 0 Å². The molecule has 1 N–H and O–H groups in total. The molecule has 1 aromatic heterocycles. The number of fused-ring (bicyclic) bond motifs is 1. The predicted molar refractivity (Wildman–Crippen MR) is 122 cm³/mol. The first-order chi connectivity index (χ1) is 14.7. The maximum Gasteiger partial charge on any atom is 0.0713 e. The molecular weight excluding hydrogens is 368 g/mol. The predicted octanol–water partition coefficient (Wildman–Crippen LogP) is 6.24. The van der Waals surface area contributed by atoms with E-state index in [0.717, 1.165) is 38.5 Å². The van der Waals surface area contributed by atoms with Gasteiger partial charge < -0.3 is 9.72 Å². The maximum absolute atomic E-state index is 6.35. The highest BCUT2D eigenvalue weighted by Crippen LogP contribution is 2.47. The van der Waals surface area contributed by atoms with Gasteiger partial charge in [-0.1, -0.05) is 36.4 Å². The summed E-state index contributed by atoms with van der Waals surface area (Å²) in [6, 6.07) is 16.3. The first-order valence-electron chi connectivity index (χ1n) is 11.7. The third-order valence-electron chi connectivity index (χ3n) is 7.80. The highest BCUT2D eigenvalue weighted by molar-refractivity contribution is 5.87. The van der Waals surface area contributed by atoms with Gasteiger partial charge in [-0.3, -0.25) is 4.90 Å². The summed E-state index contributed by atoms with van der Waals surface area (Å²) in [4.78, 5) is 6.24. The average molecular weight is 401 g/mol. The third kappa shape index (κ3) is 3.19. The Kier molecular flexibility index (Phi) is 4.51. The number of H-pyrrole nitrogens is 1. The van der Waals surface area contributed by atoms with Crippen LogP contribution in [0.3, 0.4) is 0 Å². The number of benzene rings is 2. The molecule has 2 aliphatic heterocycles. The number of piperidine rings is 1. The van der Waals surface area contributed by atoms with Crippen LogP contribution in [0.1, 0.15) is 72.7 Å². The summed E-state index contributed by atoms with van der Waals surface area (Å²) in [7, 11) is 0. The Labute approximate surface area is 179 Å². The van der Waals surface area contributed by atoms with E-state index in [1.165, 1.54) is 47.7 Å². The van der Waals surface area contributed by atoms with E-state index in [-0.39, 0.29) is 5.60 Å². The van der Waals surface area contributed by atoms with Crippen molar-refractivity contribution in [3.05, 3.63) is 70.9 Å². The molecule has 2 saturated heterocycles. The largest absolute Gasteiger partial charge is 0.375 e. The Hall–Kier alpha value is -2.10. The molecule has 3 heteroatoms. The Balaban J connectivity index is 1.39. The minimum absolute atomic E-state index is 0.104. The van der Waals surface area contributed by atoms with Gasteiger partial charge in [-0.15, -0.1) is 0 Å². The van der Waals surface area contributed by atoms with Crippen LogP contribution in [-0.2, 0) is 11.3 Å². The lowest BCUT2D eigenvalue weighted by Gasteiger charge is -2.45. The summed E-state index contributed by atoms with van der Waals surface area (Å²) in [6.07, 6.45) is 9.54. The Morgan fingerprint density at radius 1 is 1.13 bits per heavy atom. The molecule has 2 aromatic carbocycles. The van der Waals surface area contributed by atoms with Crippen LogP contribution in [0.4, 0.5) is 0 Å².